The molecule has 2 amide bonds. The molecular formula is C22H27N5OS. The van der Waals surface area contributed by atoms with Gasteiger partial charge in [0.1, 0.15) is 17.0 Å². The van der Waals surface area contributed by atoms with Crippen LogP contribution in [0.3, 0.4) is 0 Å². The highest BCUT2D eigenvalue weighted by Gasteiger charge is 2.24. The van der Waals surface area contributed by atoms with Gasteiger partial charge in [-0.05, 0) is 57.2 Å². The Morgan fingerprint density at radius 1 is 1.21 bits per heavy atom. The van der Waals surface area contributed by atoms with Crippen LogP contribution >= 0.6 is 11.3 Å². The number of amides is 2. The van der Waals surface area contributed by atoms with E-state index in [4.69, 9.17) is 0 Å². The number of nitrogens with zero attached hydrogens (tertiary/aromatic N) is 3. The van der Waals surface area contributed by atoms with E-state index < -0.39 is 0 Å². The highest BCUT2D eigenvalue weighted by Crippen LogP contribution is 2.35. The van der Waals surface area contributed by atoms with Gasteiger partial charge in [-0.1, -0.05) is 17.7 Å². The van der Waals surface area contributed by atoms with Crippen LogP contribution < -0.4 is 15.5 Å². The van der Waals surface area contributed by atoms with Crippen molar-refractivity contribution < 1.29 is 4.79 Å². The Labute approximate surface area is 175 Å². The van der Waals surface area contributed by atoms with Crippen LogP contribution in [-0.4, -0.2) is 35.6 Å². The smallest absolute Gasteiger partial charge is 0.319 e. The molecule has 3 aromatic rings. The number of rotatable bonds is 4. The molecule has 1 atom stereocenters. The van der Waals surface area contributed by atoms with E-state index in [1.807, 2.05) is 31.2 Å². The fraction of sp³-hybridized carbons (Fsp3) is 0.409. The molecule has 0 saturated carbocycles. The standard InChI is InChI=1S/C22H27N5OS/c1-14-6-8-18(9-7-14)26-22(28)23-11-17-5-4-10-27(12-17)20-19-15(2)16(3)29-21(19)25-13-24-20/h6-9,13,17H,4-5,10-12H2,1-3H3,(H2,23,26,28)/t17-/m1/s1. The number of aromatic nitrogens is 2. The molecule has 0 radical (unpaired) electrons. The normalized spacial score (nSPS) is 16.8. The van der Waals surface area contributed by atoms with Gasteiger partial charge in [-0.25, -0.2) is 14.8 Å². The summed E-state index contributed by atoms with van der Waals surface area (Å²) in [4.78, 5) is 26.0. The zero-order chi connectivity index (χ0) is 20.4. The number of carbonyl (C=O) groups excluding carboxylic acids is 1. The predicted molar refractivity (Wildman–Crippen MR) is 120 cm³/mol. The zero-order valence-corrected chi connectivity index (χ0v) is 18.0. The summed E-state index contributed by atoms with van der Waals surface area (Å²) in [5, 5.41) is 7.12. The van der Waals surface area contributed by atoms with Gasteiger partial charge in [0.25, 0.3) is 0 Å². The van der Waals surface area contributed by atoms with Gasteiger partial charge in [-0.15, -0.1) is 11.3 Å². The fourth-order valence-corrected chi connectivity index (χ4v) is 4.87. The average Bonchev–Trinajstić information content (AvgIpc) is 3.02. The van der Waals surface area contributed by atoms with E-state index in [-0.39, 0.29) is 6.03 Å². The number of benzene rings is 1. The molecule has 1 saturated heterocycles. The molecule has 1 aliphatic heterocycles. The molecule has 0 aliphatic carbocycles. The lowest BCUT2D eigenvalue weighted by atomic mass is 9.97. The first kappa shape index (κ1) is 19.6. The largest absolute Gasteiger partial charge is 0.356 e. The number of thiophene rings is 1. The molecule has 1 aliphatic rings. The molecule has 3 heterocycles. The molecule has 7 heteroatoms. The van der Waals surface area contributed by atoms with Gasteiger partial charge >= 0.3 is 6.03 Å². The first-order chi connectivity index (χ1) is 14.0. The van der Waals surface area contributed by atoms with Gasteiger partial charge < -0.3 is 15.5 Å². The number of hydrogen-bond acceptors (Lipinski definition) is 5. The van der Waals surface area contributed by atoms with E-state index in [2.05, 4.69) is 39.3 Å². The Kier molecular flexibility index (Phi) is 5.67. The topological polar surface area (TPSA) is 70.2 Å². The van der Waals surface area contributed by atoms with Gasteiger partial charge in [0.05, 0.1) is 5.39 Å². The van der Waals surface area contributed by atoms with Crippen molar-refractivity contribution in [1.29, 1.82) is 0 Å². The highest BCUT2D eigenvalue weighted by molar-refractivity contribution is 7.18. The van der Waals surface area contributed by atoms with Crippen LogP contribution in [0, 0.1) is 26.7 Å². The number of aryl methyl sites for hydroxylation is 3. The lowest BCUT2D eigenvalue weighted by Crippen LogP contribution is -2.42. The van der Waals surface area contributed by atoms with Crippen LogP contribution in [0.2, 0.25) is 0 Å². The maximum Gasteiger partial charge on any atom is 0.319 e. The molecule has 0 bridgehead atoms. The van der Waals surface area contributed by atoms with Crippen LogP contribution in [-0.2, 0) is 0 Å². The summed E-state index contributed by atoms with van der Waals surface area (Å²) in [6, 6.07) is 7.67. The lowest BCUT2D eigenvalue weighted by molar-refractivity contribution is 0.249. The molecular weight excluding hydrogens is 382 g/mol. The second-order valence-electron chi connectivity index (χ2n) is 7.82. The summed E-state index contributed by atoms with van der Waals surface area (Å²) in [6.07, 6.45) is 3.88. The predicted octanol–water partition coefficient (Wildman–Crippen LogP) is 4.65. The molecule has 1 fully saturated rings. The first-order valence-electron chi connectivity index (χ1n) is 10.1. The maximum atomic E-state index is 12.3. The summed E-state index contributed by atoms with van der Waals surface area (Å²) < 4.78 is 0. The van der Waals surface area contributed by atoms with Crippen molar-refractivity contribution in [3.63, 3.8) is 0 Å². The Bertz CT molecular complexity index is 1010. The van der Waals surface area contributed by atoms with Crippen LogP contribution in [0.1, 0.15) is 28.8 Å². The highest BCUT2D eigenvalue weighted by atomic mass is 32.1. The van der Waals surface area contributed by atoms with E-state index >= 15 is 0 Å². The number of carbonyl (C=O) groups is 1. The Balaban J connectivity index is 1.39. The number of anilines is 2. The quantitative estimate of drug-likeness (QED) is 0.658. The molecule has 1 aromatic carbocycles. The van der Waals surface area contributed by atoms with Crippen molar-refractivity contribution in [2.75, 3.05) is 29.9 Å². The number of urea groups is 1. The molecule has 29 heavy (non-hydrogen) atoms. The van der Waals surface area contributed by atoms with E-state index in [1.165, 1.54) is 21.4 Å². The van der Waals surface area contributed by atoms with Crippen molar-refractivity contribution in [2.24, 2.45) is 5.92 Å². The SMILES string of the molecule is Cc1ccc(NC(=O)NC[C@H]2CCCN(c3ncnc4sc(C)c(C)c34)C2)cc1. The minimum atomic E-state index is -0.153. The maximum absolute atomic E-state index is 12.3. The molecule has 6 nitrogen and oxygen atoms in total. The zero-order valence-electron chi connectivity index (χ0n) is 17.2. The third-order valence-electron chi connectivity index (χ3n) is 5.62. The van der Waals surface area contributed by atoms with Gasteiger partial charge in [0.2, 0.25) is 0 Å². The molecule has 152 valence electrons. The summed E-state index contributed by atoms with van der Waals surface area (Å²) in [7, 11) is 0. The van der Waals surface area contributed by atoms with E-state index in [0.717, 1.165) is 42.3 Å². The van der Waals surface area contributed by atoms with Gasteiger partial charge in [-0.2, -0.15) is 0 Å². The van der Waals surface area contributed by atoms with Gasteiger partial charge in [0.15, 0.2) is 0 Å². The Morgan fingerprint density at radius 2 is 2.00 bits per heavy atom. The third-order valence-corrected chi connectivity index (χ3v) is 6.74. The van der Waals surface area contributed by atoms with Crippen molar-refractivity contribution in [3.8, 4) is 0 Å². The van der Waals surface area contributed by atoms with Crippen molar-refractivity contribution in [2.45, 2.75) is 33.6 Å². The second kappa shape index (κ2) is 8.37. The number of hydrogen-bond donors (Lipinski definition) is 2. The van der Waals surface area contributed by atoms with Crippen LogP contribution in [0.4, 0.5) is 16.3 Å². The molecule has 4 rings (SSSR count). The molecule has 0 unspecified atom stereocenters. The average molecular weight is 410 g/mol. The fourth-order valence-electron chi connectivity index (χ4n) is 3.88. The van der Waals surface area contributed by atoms with Crippen molar-refractivity contribution in [3.05, 3.63) is 46.6 Å². The van der Waals surface area contributed by atoms with Crippen LogP contribution in [0.25, 0.3) is 10.2 Å². The first-order valence-corrected chi connectivity index (χ1v) is 10.9. The molecule has 0 spiro atoms. The van der Waals surface area contributed by atoms with Crippen LogP contribution in [0.15, 0.2) is 30.6 Å². The monoisotopic (exact) mass is 409 g/mol. The van der Waals surface area contributed by atoms with Crippen molar-refractivity contribution in [1.82, 2.24) is 15.3 Å². The van der Waals surface area contributed by atoms with Crippen LogP contribution in [0.5, 0.6) is 0 Å². The number of nitrogens with one attached hydrogen (secondary N) is 2. The second-order valence-corrected chi connectivity index (χ2v) is 9.02. The lowest BCUT2D eigenvalue weighted by Gasteiger charge is -2.34. The van der Waals surface area contributed by atoms with Gasteiger partial charge in [-0.3, -0.25) is 0 Å². The minimum Gasteiger partial charge on any atom is -0.356 e. The number of piperidine rings is 1. The Hall–Kier alpha value is -2.67. The van der Waals surface area contributed by atoms with Crippen molar-refractivity contribution >= 4 is 39.1 Å². The summed E-state index contributed by atoms with van der Waals surface area (Å²) in [5.74, 6) is 1.43. The van der Waals surface area contributed by atoms with E-state index in [1.54, 1.807) is 17.7 Å². The third kappa shape index (κ3) is 4.34. The van der Waals surface area contributed by atoms with E-state index in [0.29, 0.717) is 12.5 Å². The Morgan fingerprint density at radius 3 is 2.79 bits per heavy atom. The van der Waals surface area contributed by atoms with Gasteiger partial charge in [0, 0.05) is 30.2 Å². The summed E-state index contributed by atoms with van der Waals surface area (Å²) in [6.45, 7) is 8.87. The summed E-state index contributed by atoms with van der Waals surface area (Å²) in [5.41, 5.74) is 3.26. The number of fused-ring (bicyclic) bond motifs is 1. The molecule has 2 N–H and O–H groups in total. The summed E-state index contributed by atoms with van der Waals surface area (Å²) >= 11 is 1.73. The minimum absolute atomic E-state index is 0.153. The van der Waals surface area contributed by atoms with E-state index in [9.17, 15) is 4.79 Å². The molecule has 2 aromatic heterocycles.